The van der Waals surface area contributed by atoms with E-state index in [4.69, 9.17) is 0 Å². The first kappa shape index (κ1) is 14.7. The molecule has 0 fully saturated rings. The van der Waals surface area contributed by atoms with E-state index in [-0.39, 0.29) is 0 Å². The molecule has 0 aliphatic rings. The molecule has 0 saturated heterocycles. The van der Waals surface area contributed by atoms with Crippen LogP contribution in [0.5, 0.6) is 0 Å². The summed E-state index contributed by atoms with van der Waals surface area (Å²) in [5.74, 6) is -2.98. The molecule has 2 aromatic rings. The molecule has 1 N–H and O–H groups in total. The summed E-state index contributed by atoms with van der Waals surface area (Å²) < 4.78 is 29.5. The van der Waals surface area contributed by atoms with Crippen LogP contribution in [0.1, 0.15) is 9.67 Å². The number of para-hydroxylation sites is 1. The Bertz CT molecular complexity index is 605. The van der Waals surface area contributed by atoms with E-state index in [0.29, 0.717) is 32.4 Å². The fourth-order valence-electron chi connectivity index (χ4n) is 1.41. The van der Waals surface area contributed by atoms with Crippen molar-refractivity contribution in [2.45, 2.75) is 10.7 Å². The van der Waals surface area contributed by atoms with Gasteiger partial charge in [-0.2, -0.15) is 8.78 Å². The van der Waals surface area contributed by atoms with Gasteiger partial charge in [-0.15, -0.1) is 0 Å². The Balaban J connectivity index is 2.17. The van der Waals surface area contributed by atoms with Gasteiger partial charge in [0.15, 0.2) is 5.13 Å². The number of alkyl halides is 2. The second-order valence-corrected chi connectivity index (χ2v) is 5.58. The van der Waals surface area contributed by atoms with Crippen molar-refractivity contribution in [3.8, 4) is 0 Å². The summed E-state index contributed by atoms with van der Waals surface area (Å²) in [6.07, 6.45) is 1.38. The molecule has 0 atom stereocenters. The van der Waals surface area contributed by atoms with E-state index in [9.17, 15) is 13.6 Å². The number of nitrogens with one attached hydrogen (secondary N) is 1. The summed E-state index contributed by atoms with van der Waals surface area (Å²) in [5.41, 5.74) is 0.517. The maximum atomic E-state index is 12.5. The molecule has 0 aliphatic heterocycles. The summed E-state index contributed by atoms with van der Waals surface area (Å²) in [6.45, 7) is 0. The minimum absolute atomic E-state index is 0.342. The van der Waals surface area contributed by atoms with Gasteiger partial charge in [0.1, 0.15) is 4.88 Å². The molecule has 0 radical (unpaired) electrons. The Morgan fingerprint density at radius 1 is 1.45 bits per heavy atom. The van der Waals surface area contributed by atoms with Crippen molar-refractivity contribution < 1.29 is 18.3 Å². The van der Waals surface area contributed by atoms with Gasteiger partial charge in [-0.3, -0.25) is 0 Å². The molecule has 0 spiro atoms. The van der Waals surface area contributed by atoms with E-state index < -0.39 is 11.7 Å². The number of carbonyl (C=O) groups excluding carboxylic acids is 1. The number of nitrogens with zero attached hydrogens (tertiary/aromatic N) is 1. The van der Waals surface area contributed by atoms with Crippen LogP contribution in [0.2, 0.25) is 0 Å². The third-order valence-electron chi connectivity index (χ3n) is 2.24. The van der Waals surface area contributed by atoms with Crippen molar-refractivity contribution in [2.24, 2.45) is 0 Å². The van der Waals surface area contributed by atoms with E-state index in [2.05, 4.69) is 15.0 Å². The molecular formula is C12H10F2N2O2S2. The fourth-order valence-corrected chi connectivity index (χ4v) is 2.75. The molecule has 1 aromatic heterocycles. The second-order valence-electron chi connectivity index (χ2n) is 3.52. The van der Waals surface area contributed by atoms with Crippen molar-refractivity contribution in [3.63, 3.8) is 0 Å². The number of methoxy groups -OCH3 is 1. The Morgan fingerprint density at radius 3 is 2.90 bits per heavy atom. The molecule has 0 amide bonds. The third kappa shape index (κ3) is 3.67. The van der Waals surface area contributed by atoms with E-state index in [0.717, 1.165) is 11.3 Å². The maximum Gasteiger partial charge on any atom is 0.349 e. The molecule has 1 heterocycles. The van der Waals surface area contributed by atoms with Crippen LogP contribution in [0.4, 0.5) is 19.6 Å². The Morgan fingerprint density at radius 2 is 2.20 bits per heavy atom. The minimum Gasteiger partial charge on any atom is -0.465 e. The third-order valence-corrected chi connectivity index (χ3v) is 3.92. The molecule has 106 valence electrons. The number of ether oxygens (including phenoxy) is 1. The van der Waals surface area contributed by atoms with Gasteiger partial charge < -0.3 is 10.1 Å². The monoisotopic (exact) mass is 316 g/mol. The van der Waals surface area contributed by atoms with Crippen LogP contribution >= 0.6 is 23.1 Å². The number of thioether (sulfide) groups is 1. The lowest BCUT2D eigenvalue weighted by Crippen LogP contribution is -1.96. The lowest BCUT2D eigenvalue weighted by molar-refractivity contribution is 0.0606. The van der Waals surface area contributed by atoms with Crippen LogP contribution in [-0.2, 0) is 4.74 Å². The van der Waals surface area contributed by atoms with Gasteiger partial charge in [-0.05, 0) is 12.1 Å². The lowest BCUT2D eigenvalue weighted by Gasteiger charge is -2.08. The summed E-state index contributed by atoms with van der Waals surface area (Å²) in [6, 6.07) is 6.67. The van der Waals surface area contributed by atoms with E-state index >= 15 is 0 Å². The number of benzene rings is 1. The number of esters is 1. The van der Waals surface area contributed by atoms with Gasteiger partial charge in [0.2, 0.25) is 0 Å². The molecule has 0 bridgehead atoms. The van der Waals surface area contributed by atoms with Crippen molar-refractivity contribution in [1.29, 1.82) is 0 Å². The molecule has 20 heavy (non-hydrogen) atoms. The first-order valence-electron chi connectivity index (χ1n) is 5.45. The quantitative estimate of drug-likeness (QED) is 0.668. The first-order valence-corrected chi connectivity index (χ1v) is 7.14. The number of hydrogen-bond acceptors (Lipinski definition) is 6. The van der Waals surface area contributed by atoms with Crippen LogP contribution in [0.25, 0.3) is 0 Å². The van der Waals surface area contributed by atoms with E-state index in [1.807, 2.05) is 0 Å². The Hall–Kier alpha value is -1.67. The smallest absolute Gasteiger partial charge is 0.349 e. The Labute approximate surface area is 122 Å². The number of anilines is 2. The molecule has 0 aliphatic carbocycles. The normalized spacial score (nSPS) is 10.6. The predicted octanol–water partition coefficient (Wildman–Crippen LogP) is 3.99. The SMILES string of the molecule is COC(=O)c1cnc(Nc2ccccc2SC(F)F)s1. The first-order chi connectivity index (χ1) is 9.60. The summed E-state index contributed by atoms with van der Waals surface area (Å²) in [7, 11) is 1.28. The molecule has 1 aromatic carbocycles. The number of halogens is 2. The lowest BCUT2D eigenvalue weighted by atomic mass is 10.3. The van der Waals surface area contributed by atoms with E-state index in [1.165, 1.54) is 13.3 Å². The molecule has 2 rings (SSSR count). The Kier molecular flexibility index (Phi) is 4.91. The van der Waals surface area contributed by atoms with Crippen molar-refractivity contribution in [1.82, 2.24) is 4.98 Å². The van der Waals surface area contributed by atoms with Gasteiger partial charge in [0, 0.05) is 4.90 Å². The van der Waals surface area contributed by atoms with Gasteiger partial charge in [-0.25, -0.2) is 9.78 Å². The highest BCUT2D eigenvalue weighted by Gasteiger charge is 2.13. The van der Waals surface area contributed by atoms with Crippen LogP contribution in [0, 0.1) is 0 Å². The highest BCUT2D eigenvalue weighted by molar-refractivity contribution is 7.99. The number of thiazole rings is 1. The zero-order valence-electron chi connectivity index (χ0n) is 10.3. The molecule has 8 heteroatoms. The predicted molar refractivity (Wildman–Crippen MR) is 75.0 cm³/mol. The summed E-state index contributed by atoms with van der Waals surface area (Å²) in [5, 5.41) is 3.36. The molecular weight excluding hydrogens is 306 g/mol. The van der Waals surface area contributed by atoms with Gasteiger partial charge >= 0.3 is 5.97 Å². The zero-order chi connectivity index (χ0) is 14.5. The van der Waals surface area contributed by atoms with Crippen LogP contribution in [-0.4, -0.2) is 23.8 Å². The van der Waals surface area contributed by atoms with Gasteiger partial charge in [0.25, 0.3) is 5.76 Å². The highest BCUT2D eigenvalue weighted by atomic mass is 32.2. The van der Waals surface area contributed by atoms with Crippen LogP contribution in [0.3, 0.4) is 0 Å². The van der Waals surface area contributed by atoms with Crippen molar-refractivity contribution in [3.05, 3.63) is 35.3 Å². The highest BCUT2D eigenvalue weighted by Crippen LogP contribution is 2.34. The largest absolute Gasteiger partial charge is 0.465 e. The van der Waals surface area contributed by atoms with Crippen LogP contribution in [0.15, 0.2) is 35.4 Å². The fraction of sp³-hybridized carbons (Fsp3) is 0.167. The maximum absolute atomic E-state index is 12.5. The average molecular weight is 316 g/mol. The average Bonchev–Trinajstić information content (AvgIpc) is 2.88. The van der Waals surface area contributed by atoms with E-state index in [1.54, 1.807) is 24.3 Å². The van der Waals surface area contributed by atoms with Crippen molar-refractivity contribution in [2.75, 3.05) is 12.4 Å². The standard InChI is InChI=1S/C12H10F2N2O2S2/c1-18-10(17)9-6-15-12(20-9)16-7-4-2-3-5-8(7)19-11(13)14/h2-6,11H,1H3,(H,15,16). The number of rotatable bonds is 5. The minimum atomic E-state index is -2.50. The summed E-state index contributed by atoms with van der Waals surface area (Å²) in [4.78, 5) is 16.1. The molecule has 4 nitrogen and oxygen atoms in total. The van der Waals surface area contributed by atoms with Gasteiger partial charge in [0.05, 0.1) is 19.0 Å². The topological polar surface area (TPSA) is 51.2 Å². The number of carbonyl (C=O) groups is 1. The number of aromatic nitrogens is 1. The molecule has 0 unspecified atom stereocenters. The zero-order valence-corrected chi connectivity index (χ0v) is 11.9. The van der Waals surface area contributed by atoms with Crippen LogP contribution < -0.4 is 5.32 Å². The number of hydrogen-bond donors (Lipinski definition) is 1. The second kappa shape index (κ2) is 6.67. The summed E-state index contributed by atoms with van der Waals surface area (Å²) >= 11 is 1.55. The van der Waals surface area contributed by atoms with Gasteiger partial charge in [-0.1, -0.05) is 35.2 Å². The van der Waals surface area contributed by atoms with Crippen molar-refractivity contribution >= 4 is 39.9 Å². The molecule has 0 saturated carbocycles.